The highest BCUT2D eigenvalue weighted by Crippen LogP contribution is 2.10. The maximum atomic E-state index is 12.0. The topological polar surface area (TPSA) is 58.4 Å². The van der Waals surface area contributed by atoms with Crippen LogP contribution in [0.2, 0.25) is 0 Å². The summed E-state index contributed by atoms with van der Waals surface area (Å²) >= 11 is 0. The van der Waals surface area contributed by atoms with Gasteiger partial charge >= 0.3 is 6.03 Å². The summed E-state index contributed by atoms with van der Waals surface area (Å²) in [6.07, 6.45) is 6.89. The second-order valence-electron chi connectivity index (χ2n) is 4.94. The fraction of sp³-hybridized carbons (Fsp3) is 0.923. The lowest BCUT2D eigenvalue weighted by atomic mass is 10.0. The van der Waals surface area contributed by atoms with Crippen LogP contribution in [0.5, 0.6) is 0 Å². The van der Waals surface area contributed by atoms with Gasteiger partial charge in [0.05, 0.1) is 0 Å². The van der Waals surface area contributed by atoms with Crippen molar-refractivity contribution in [1.29, 1.82) is 0 Å². The molecule has 1 aliphatic heterocycles. The molecular formula is C13H27N3O. The number of rotatable bonds is 5. The summed E-state index contributed by atoms with van der Waals surface area (Å²) in [5, 5.41) is 3.05. The first kappa shape index (κ1) is 14.3. The first-order chi connectivity index (χ1) is 8.27. The van der Waals surface area contributed by atoms with Gasteiger partial charge in [-0.1, -0.05) is 26.2 Å². The Morgan fingerprint density at radius 1 is 1.29 bits per heavy atom. The van der Waals surface area contributed by atoms with Crippen LogP contribution in [0.3, 0.4) is 0 Å². The Labute approximate surface area is 105 Å². The van der Waals surface area contributed by atoms with E-state index in [-0.39, 0.29) is 6.03 Å². The number of nitrogens with zero attached hydrogens (tertiary/aromatic N) is 1. The Bertz CT molecular complexity index is 213. The van der Waals surface area contributed by atoms with Gasteiger partial charge in [-0.15, -0.1) is 0 Å². The molecule has 3 N–H and O–H groups in total. The summed E-state index contributed by atoms with van der Waals surface area (Å²) in [4.78, 5) is 13.9. The van der Waals surface area contributed by atoms with Crippen LogP contribution in [0.15, 0.2) is 0 Å². The second-order valence-corrected chi connectivity index (χ2v) is 4.94. The molecule has 1 fully saturated rings. The number of nitrogens with one attached hydrogen (secondary N) is 1. The van der Waals surface area contributed by atoms with Gasteiger partial charge in [0.25, 0.3) is 0 Å². The molecule has 4 nitrogen and oxygen atoms in total. The van der Waals surface area contributed by atoms with Crippen molar-refractivity contribution < 1.29 is 4.79 Å². The van der Waals surface area contributed by atoms with E-state index in [0.717, 1.165) is 45.3 Å². The normalized spacial score (nSPS) is 18.6. The lowest BCUT2D eigenvalue weighted by Gasteiger charge is -2.22. The lowest BCUT2D eigenvalue weighted by molar-refractivity contribution is 0.197. The molecule has 0 aromatic rings. The zero-order valence-corrected chi connectivity index (χ0v) is 11.1. The maximum Gasteiger partial charge on any atom is 0.317 e. The van der Waals surface area contributed by atoms with Crippen molar-refractivity contribution in [3.63, 3.8) is 0 Å². The Morgan fingerprint density at radius 3 is 2.47 bits per heavy atom. The fourth-order valence-corrected chi connectivity index (χ4v) is 2.30. The van der Waals surface area contributed by atoms with E-state index in [1.807, 2.05) is 4.90 Å². The van der Waals surface area contributed by atoms with Crippen LogP contribution in [0, 0.1) is 5.92 Å². The Kier molecular flexibility index (Phi) is 7.01. The monoisotopic (exact) mass is 241 g/mol. The van der Waals surface area contributed by atoms with E-state index in [1.165, 1.54) is 12.8 Å². The minimum Gasteiger partial charge on any atom is -0.338 e. The average molecular weight is 241 g/mol. The van der Waals surface area contributed by atoms with Crippen LogP contribution in [0.4, 0.5) is 4.79 Å². The summed E-state index contributed by atoms with van der Waals surface area (Å²) in [7, 11) is 0. The summed E-state index contributed by atoms with van der Waals surface area (Å²) in [5.74, 6) is 0.524. The standard InChI is InChI=1S/C13H27N3O/c1-2-12(7-8-14)11-15-13(17)16-9-5-3-4-6-10-16/h12H,2-11,14H2,1H3,(H,15,17). The maximum absolute atomic E-state index is 12.0. The zero-order valence-electron chi connectivity index (χ0n) is 11.1. The van der Waals surface area contributed by atoms with Crippen LogP contribution in [0.25, 0.3) is 0 Å². The molecule has 0 aromatic heterocycles. The number of likely N-dealkylation sites (tertiary alicyclic amines) is 1. The highest BCUT2D eigenvalue weighted by Gasteiger charge is 2.16. The van der Waals surface area contributed by atoms with E-state index in [4.69, 9.17) is 5.73 Å². The van der Waals surface area contributed by atoms with Crippen LogP contribution < -0.4 is 11.1 Å². The van der Waals surface area contributed by atoms with Gasteiger partial charge in [-0.25, -0.2) is 4.79 Å². The Morgan fingerprint density at radius 2 is 1.94 bits per heavy atom. The van der Waals surface area contributed by atoms with Crippen molar-refractivity contribution in [2.24, 2.45) is 11.7 Å². The highest BCUT2D eigenvalue weighted by atomic mass is 16.2. The van der Waals surface area contributed by atoms with Gasteiger partial charge < -0.3 is 16.0 Å². The van der Waals surface area contributed by atoms with Gasteiger partial charge in [-0.3, -0.25) is 0 Å². The molecule has 0 spiro atoms. The van der Waals surface area contributed by atoms with Gasteiger partial charge in [0.15, 0.2) is 0 Å². The third-order valence-electron chi connectivity index (χ3n) is 3.59. The lowest BCUT2D eigenvalue weighted by Crippen LogP contribution is -2.42. The molecule has 1 saturated heterocycles. The molecule has 0 bridgehead atoms. The molecule has 100 valence electrons. The summed E-state index contributed by atoms with van der Waals surface area (Å²) < 4.78 is 0. The predicted octanol–water partition coefficient (Wildman–Crippen LogP) is 1.95. The van der Waals surface area contributed by atoms with Crippen LogP contribution in [-0.2, 0) is 0 Å². The third kappa shape index (κ3) is 5.39. The summed E-state index contributed by atoms with van der Waals surface area (Å²) in [6.45, 7) is 5.46. The van der Waals surface area contributed by atoms with Crippen molar-refractivity contribution in [2.45, 2.75) is 45.4 Å². The van der Waals surface area contributed by atoms with Gasteiger partial charge in [0.2, 0.25) is 0 Å². The number of hydrogen-bond acceptors (Lipinski definition) is 2. The second kappa shape index (κ2) is 8.34. The molecule has 1 heterocycles. The number of carbonyl (C=O) groups excluding carboxylic acids is 1. The first-order valence-electron chi connectivity index (χ1n) is 7.00. The molecule has 0 aromatic carbocycles. The van der Waals surface area contributed by atoms with Gasteiger partial charge in [0, 0.05) is 19.6 Å². The van der Waals surface area contributed by atoms with Crippen molar-refractivity contribution in [1.82, 2.24) is 10.2 Å². The molecule has 4 heteroatoms. The van der Waals surface area contributed by atoms with E-state index in [9.17, 15) is 4.79 Å². The van der Waals surface area contributed by atoms with E-state index in [2.05, 4.69) is 12.2 Å². The molecule has 1 atom stereocenters. The van der Waals surface area contributed by atoms with E-state index in [0.29, 0.717) is 12.5 Å². The molecule has 1 unspecified atom stereocenters. The average Bonchev–Trinajstić information content (AvgIpc) is 2.62. The number of hydrogen-bond donors (Lipinski definition) is 2. The van der Waals surface area contributed by atoms with Crippen molar-refractivity contribution in [2.75, 3.05) is 26.2 Å². The molecule has 2 amide bonds. The predicted molar refractivity (Wildman–Crippen MR) is 70.9 cm³/mol. The van der Waals surface area contributed by atoms with Crippen molar-refractivity contribution in [3.05, 3.63) is 0 Å². The van der Waals surface area contributed by atoms with Crippen LogP contribution >= 0.6 is 0 Å². The number of carbonyl (C=O) groups is 1. The SMILES string of the molecule is CCC(CCN)CNC(=O)N1CCCCCC1. The minimum absolute atomic E-state index is 0.113. The molecule has 1 rings (SSSR count). The summed E-state index contributed by atoms with van der Waals surface area (Å²) in [5.41, 5.74) is 5.55. The quantitative estimate of drug-likeness (QED) is 0.773. The van der Waals surface area contributed by atoms with E-state index in [1.54, 1.807) is 0 Å². The van der Waals surface area contributed by atoms with Crippen LogP contribution in [-0.4, -0.2) is 37.1 Å². The Balaban J connectivity index is 2.26. The van der Waals surface area contributed by atoms with Gasteiger partial charge in [-0.2, -0.15) is 0 Å². The molecule has 17 heavy (non-hydrogen) atoms. The van der Waals surface area contributed by atoms with E-state index >= 15 is 0 Å². The molecule has 0 radical (unpaired) electrons. The minimum atomic E-state index is 0.113. The van der Waals surface area contributed by atoms with Gasteiger partial charge in [-0.05, 0) is 31.7 Å². The largest absolute Gasteiger partial charge is 0.338 e. The molecule has 0 saturated carbocycles. The smallest absolute Gasteiger partial charge is 0.317 e. The zero-order chi connectivity index (χ0) is 12.5. The van der Waals surface area contributed by atoms with Crippen LogP contribution in [0.1, 0.15) is 45.4 Å². The Hall–Kier alpha value is -0.770. The number of urea groups is 1. The number of nitrogens with two attached hydrogens (primary N) is 1. The molecular weight excluding hydrogens is 214 g/mol. The van der Waals surface area contributed by atoms with Gasteiger partial charge in [0.1, 0.15) is 0 Å². The molecule has 1 aliphatic rings. The van der Waals surface area contributed by atoms with E-state index < -0.39 is 0 Å². The number of amides is 2. The first-order valence-corrected chi connectivity index (χ1v) is 7.00. The third-order valence-corrected chi connectivity index (χ3v) is 3.59. The van der Waals surface area contributed by atoms with Crippen molar-refractivity contribution in [3.8, 4) is 0 Å². The van der Waals surface area contributed by atoms with Crippen molar-refractivity contribution >= 4 is 6.03 Å². The molecule has 0 aliphatic carbocycles. The fourth-order valence-electron chi connectivity index (χ4n) is 2.30. The summed E-state index contributed by atoms with van der Waals surface area (Å²) in [6, 6.07) is 0.113. The highest BCUT2D eigenvalue weighted by molar-refractivity contribution is 5.74.